The summed E-state index contributed by atoms with van der Waals surface area (Å²) in [7, 11) is 0. The lowest BCUT2D eigenvalue weighted by molar-refractivity contribution is 0.102. The number of carbonyl (C=O) groups is 2. The van der Waals surface area contributed by atoms with Gasteiger partial charge in [-0.25, -0.2) is 0 Å². The molecule has 3 aromatic rings. The van der Waals surface area contributed by atoms with Gasteiger partial charge in [0, 0.05) is 16.8 Å². The molecule has 0 heterocycles. The topological polar surface area (TPSA) is 67.4 Å². The van der Waals surface area contributed by atoms with Crippen LogP contribution in [0.2, 0.25) is 5.02 Å². The first-order valence-electron chi connectivity index (χ1n) is 8.77. The summed E-state index contributed by atoms with van der Waals surface area (Å²) in [6, 6.07) is 20.5. The molecule has 142 valence electrons. The third-order valence-corrected chi connectivity index (χ3v) is 4.28. The summed E-state index contributed by atoms with van der Waals surface area (Å²) in [5, 5.41) is 6.03. The van der Waals surface area contributed by atoms with Gasteiger partial charge in [0.2, 0.25) is 0 Å². The van der Waals surface area contributed by atoms with Crippen LogP contribution < -0.4 is 15.4 Å². The van der Waals surface area contributed by atoms with Crippen LogP contribution in [0.15, 0.2) is 72.8 Å². The van der Waals surface area contributed by atoms with E-state index in [4.69, 9.17) is 16.3 Å². The SMILES string of the molecule is CCOc1ccc(C(=O)Nc2ccc(C(=O)Nc3ccccc3Cl)cc2)cc1. The second-order valence-electron chi connectivity index (χ2n) is 5.92. The van der Waals surface area contributed by atoms with Crippen LogP contribution in [-0.2, 0) is 0 Å². The van der Waals surface area contributed by atoms with E-state index in [-0.39, 0.29) is 11.8 Å². The Balaban J connectivity index is 1.63. The Hall–Kier alpha value is -3.31. The van der Waals surface area contributed by atoms with Gasteiger partial charge in [0.25, 0.3) is 11.8 Å². The number of hydrogen-bond acceptors (Lipinski definition) is 3. The molecule has 3 aromatic carbocycles. The van der Waals surface area contributed by atoms with Crippen LogP contribution in [0.1, 0.15) is 27.6 Å². The van der Waals surface area contributed by atoms with E-state index in [1.54, 1.807) is 72.8 Å². The lowest BCUT2D eigenvalue weighted by Gasteiger charge is -2.09. The van der Waals surface area contributed by atoms with Crippen molar-refractivity contribution in [3.63, 3.8) is 0 Å². The summed E-state index contributed by atoms with van der Waals surface area (Å²) in [4.78, 5) is 24.7. The highest BCUT2D eigenvalue weighted by Gasteiger charge is 2.10. The average molecular weight is 395 g/mol. The summed E-state index contributed by atoms with van der Waals surface area (Å²) in [5.74, 6) is 0.196. The highest BCUT2D eigenvalue weighted by atomic mass is 35.5. The summed E-state index contributed by atoms with van der Waals surface area (Å²) in [6.07, 6.45) is 0. The van der Waals surface area contributed by atoms with Crippen LogP contribution in [0, 0.1) is 0 Å². The van der Waals surface area contributed by atoms with Gasteiger partial charge in [-0.1, -0.05) is 23.7 Å². The molecule has 0 fully saturated rings. The summed E-state index contributed by atoms with van der Waals surface area (Å²) in [6.45, 7) is 2.47. The maximum atomic E-state index is 12.3. The third-order valence-electron chi connectivity index (χ3n) is 3.95. The number of ether oxygens (including phenoxy) is 1. The smallest absolute Gasteiger partial charge is 0.255 e. The maximum Gasteiger partial charge on any atom is 0.255 e. The van der Waals surface area contributed by atoms with E-state index in [1.165, 1.54) is 0 Å². The molecular weight excluding hydrogens is 376 g/mol. The number of amides is 2. The zero-order chi connectivity index (χ0) is 19.9. The van der Waals surface area contributed by atoms with E-state index < -0.39 is 0 Å². The van der Waals surface area contributed by atoms with Crippen molar-refractivity contribution in [2.45, 2.75) is 6.92 Å². The summed E-state index contributed by atoms with van der Waals surface area (Å²) in [5.41, 5.74) is 2.11. The first-order chi connectivity index (χ1) is 13.6. The molecule has 0 spiro atoms. The molecule has 2 N–H and O–H groups in total. The number of nitrogens with one attached hydrogen (secondary N) is 2. The van der Waals surface area contributed by atoms with Crippen LogP contribution in [0.4, 0.5) is 11.4 Å². The first-order valence-corrected chi connectivity index (χ1v) is 9.15. The molecule has 0 saturated carbocycles. The molecule has 3 rings (SSSR count). The van der Waals surface area contributed by atoms with Gasteiger partial charge in [0.05, 0.1) is 17.3 Å². The van der Waals surface area contributed by atoms with Gasteiger partial charge in [0.1, 0.15) is 5.75 Å². The minimum Gasteiger partial charge on any atom is -0.494 e. The number of benzene rings is 3. The third kappa shape index (κ3) is 4.90. The molecule has 0 atom stereocenters. The number of halogens is 1. The molecule has 0 aliphatic heterocycles. The van der Waals surface area contributed by atoms with Crippen molar-refractivity contribution in [3.8, 4) is 5.75 Å². The minimum absolute atomic E-state index is 0.240. The number of carbonyl (C=O) groups excluding carboxylic acids is 2. The van der Waals surface area contributed by atoms with E-state index >= 15 is 0 Å². The van der Waals surface area contributed by atoms with Crippen LogP contribution in [0.3, 0.4) is 0 Å². The van der Waals surface area contributed by atoms with E-state index in [9.17, 15) is 9.59 Å². The van der Waals surface area contributed by atoms with Gasteiger partial charge in [-0.05, 0) is 67.6 Å². The molecular formula is C22H19ClN2O3. The van der Waals surface area contributed by atoms with Gasteiger partial charge in [-0.3, -0.25) is 9.59 Å². The Labute approximate surface area is 168 Å². The fourth-order valence-electron chi connectivity index (χ4n) is 2.53. The Morgan fingerprint density at radius 3 is 2.00 bits per heavy atom. The number of anilines is 2. The van der Waals surface area contributed by atoms with Gasteiger partial charge in [-0.2, -0.15) is 0 Å². The molecule has 0 aromatic heterocycles. The second-order valence-corrected chi connectivity index (χ2v) is 6.33. The maximum absolute atomic E-state index is 12.3. The zero-order valence-corrected chi connectivity index (χ0v) is 16.0. The molecule has 0 aliphatic rings. The molecule has 5 nitrogen and oxygen atoms in total. The van der Waals surface area contributed by atoms with Gasteiger partial charge >= 0.3 is 0 Å². The van der Waals surface area contributed by atoms with Crippen molar-refractivity contribution < 1.29 is 14.3 Å². The monoisotopic (exact) mass is 394 g/mol. The normalized spacial score (nSPS) is 10.2. The molecule has 28 heavy (non-hydrogen) atoms. The van der Waals surface area contributed by atoms with Crippen molar-refractivity contribution in [3.05, 3.63) is 88.9 Å². The fourth-order valence-corrected chi connectivity index (χ4v) is 2.72. The largest absolute Gasteiger partial charge is 0.494 e. The summed E-state index contributed by atoms with van der Waals surface area (Å²) < 4.78 is 5.37. The Kier molecular flexibility index (Phi) is 6.29. The van der Waals surface area contributed by atoms with Crippen molar-refractivity contribution in [1.82, 2.24) is 0 Å². The second kappa shape index (κ2) is 9.06. The molecule has 2 amide bonds. The Morgan fingerprint density at radius 1 is 0.821 bits per heavy atom. The van der Waals surface area contributed by atoms with E-state index in [2.05, 4.69) is 10.6 Å². The lowest BCUT2D eigenvalue weighted by Crippen LogP contribution is -2.14. The highest BCUT2D eigenvalue weighted by Crippen LogP contribution is 2.21. The fraction of sp³-hybridized carbons (Fsp3) is 0.0909. The van der Waals surface area contributed by atoms with Crippen LogP contribution in [-0.4, -0.2) is 18.4 Å². The zero-order valence-electron chi connectivity index (χ0n) is 15.2. The van der Waals surface area contributed by atoms with Crippen LogP contribution in [0.5, 0.6) is 5.75 Å². The van der Waals surface area contributed by atoms with Gasteiger partial charge in [-0.15, -0.1) is 0 Å². The van der Waals surface area contributed by atoms with Crippen LogP contribution in [0.25, 0.3) is 0 Å². The molecule has 0 radical (unpaired) electrons. The first kappa shape index (κ1) is 19.5. The average Bonchev–Trinajstić information content (AvgIpc) is 2.71. The molecule has 0 unspecified atom stereocenters. The van der Waals surface area contributed by atoms with E-state index in [1.807, 2.05) is 6.92 Å². The molecule has 0 saturated heterocycles. The van der Waals surface area contributed by atoms with Gasteiger partial charge < -0.3 is 15.4 Å². The highest BCUT2D eigenvalue weighted by molar-refractivity contribution is 6.33. The lowest BCUT2D eigenvalue weighted by atomic mass is 10.1. The quantitative estimate of drug-likeness (QED) is 0.600. The van der Waals surface area contributed by atoms with Crippen molar-refractivity contribution in [2.24, 2.45) is 0 Å². The predicted molar refractivity (Wildman–Crippen MR) is 111 cm³/mol. The molecule has 6 heteroatoms. The number of rotatable bonds is 6. The van der Waals surface area contributed by atoms with E-state index in [0.717, 1.165) is 0 Å². The van der Waals surface area contributed by atoms with Crippen molar-refractivity contribution in [1.29, 1.82) is 0 Å². The van der Waals surface area contributed by atoms with E-state index in [0.29, 0.717) is 39.9 Å². The van der Waals surface area contributed by atoms with Crippen LogP contribution >= 0.6 is 11.6 Å². The van der Waals surface area contributed by atoms with Crippen molar-refractivity contribution in [2.75, 3.05) is 17.2 Å². The molecule has 0 aliphatic carbocycles. The Bertz CT molecular complexity index is 970. The van der Waals surface area contributed by atoms with Gasteiger partial charge in [0.15, 0.2) is 0 Å². The number of para-hydroxylation sites is 1. The Morgan fingerprint density at radius 2 is 1.39 bits per heavy atom. The van der Waals surface area contributed by atoms with Crippen molar-refractivity contribution >= 4 is 34.8 Å². The summed E-state index contributed by atoms with van der Waals surface area (Å²) >= 11 is 6.05. The minimum atomic E-state index is -0.280. The predicted octanol–water partition coefficient (Wildman–Crippen LogP) is 5.24. The standard InChI is InChI=1S/C22H19ClN2O3/c1-2-28-18-13-9-16(10-14-18)21(26)24-17-11-7-15(8-12-17)22(27)25-20-6-4-3-5-19(20)23/h3-14H,2H2,1H3,(H,24,26)(H,25,27). The molecule has 0 bridgehead atoms. The number of hydrogen-bond donors (Lipinski definition) is 2.